The maximum atomic E-state index is 10.2. The molecule has 1 aliphatic carbocycles. The SMILES string of the molecule is COc1cc(OC)c(C(O)C2CC2)c(OC)c1. The Morgan fingerprint density at radius 3 is 1.94 bits per heavy atom. The number of methoxy groups -OCH3 is 3. The Labute approximate surface area is 101 Å². The first-order chi connectivity index (χ1) is 8.21. The van der Waals surface area contributed by atoms with Gasteiger partial charge >= 0.3 is 0 Å². The van der Waals surface area contributed by atoms with E-state index in [1.54, 1.807) is 33.5 Å². The highest BCUT2D eigenvalue weighted by Gasteiger charge is 2.34. The Morgan fingerprint density at radius 1 is 1.06 bits per heavy atom. The fourth-order valence-corrected chi connectivity index (χ4v) is 1.97. The molecule has 4 nitrogen and oxygen atoms in total. The highest BCUT2D eigenvalue weighted by atomic mass is 16.5. The summed E-state index contributed by atoms with van der Waals surface area (Å²) in [6.07, 6.45) is 1.59. The summed E-state index contributed by atoms with van der Waals surface area (Å²) >= 11 is 0. The molecule has 0 bridgehead atoms. The minimum absolute atomic E-state index is 0.325. The summed E-state index contributed by atoms with van der Waals surface area (Å²) in [7, 11) is 4.75. The van der Waals surface area contributed by atoms with Gasteiger partial charge in [0.15, 0.2) is 0 Å². The van der Waals surface area contributed by atoms with E-state index in [9.17, 15) is 5.11 Å². The van der Waals surface area contributed by atoms with Crippen molar-refractivity contribution < 1.29 is 19.3 Å². The van der Waals surface area contributed by atoms with E-state index >= 15 is 0 Å². The molecule has 0 spiro atoms. The van der Waals surface area contributed by atoms with Crippen LogP contribution in [0.25, 0.3) is 0 Å². The van der Waals surface area contributed by atoms with E-state index in [0.717, 1.165) is 18.4 Å². The van der Waals surface area contributed by atoms with Gasteiger partial charge in [-0.2, -0.15) is 0 Å². The number of hydrogen-bond acceptors (Lipinski definition) is 4. The molecule has 1 saturated carbocycles. The molecular formula is C13H18O4. The number of rotatable bonds is 5. The lowest BCUT2D eigenvalue weighted by Gasteiger charge is -2.18. The van der Waals surface area contributed by atoms with Gasteiger partial charge in [0.2, 0.25) is 0 Å². The van der Waals surface area contributed by atoms with Gasteiger partial charge in [-0.05, 0) is 18.8 Å². The number of aliphatic hydroxyl groups excluding tert-OH is 1. The summed E-state index contributed by atoms with van der Waals surface area (Å²) in [5, 5.41) is 10.2. The van der Waals surface area contributed by atoms with Gasteiger partial charge in [-0.25, -0.2) is 0 Å². The van der Waals surface area contributed by atoms with Crippen molar-refractivity contribution in [1.82, 2.24) is 0 Å². The Morgan fingerprint density at radius 2 is 1.59 bits per heavy atom. The van der Waals surface area contributed by atoms with Crippen LogP contribution in [0.3, 0.4) is 0 Å². The van der Waals surface area contributed by atoms with Crippen LogP contribution in [0.1, 0.15) is 24.5 Å². The molecule has 17 heavy (non-hydrogen) atoms. The first-order valence-electron chi connectivity index (χ1n) is 5.69. The summed E-state index contributed by atoms with van der Waals surface area (Å²) in [5.74, 6) is 2.21. The highest BCUT2D eigenvalue weighted by Crippen LogP contribution is 2.47. The molecule has 4 heteroatoms. The van der Waals surface area contributed by atoms with Crippen LogP contribution in [0.4, 0.5) is 0 Å². The van der Waals surface area contributed by atoms with Crippen LogP contribution in [0.5, 0.6) is 17.2 Å². The van der Waals surface area contributed by atoms with Crippen LogP contribution in [0.15, 0.2) is 12.1 Å². The van der Waals surface area contributed by atoms with Crippen molar-refractivity contribution in [2.24, 2.45) is 5.92 Å². The summed E-state index contributed by atoms with van der Waals surface area (Å²) in [5.41, 5.74) is 0.721. The van der Waals surface area contributed by atoms with Crippen LogP contribution >= 0.6 is 0 Å². The zero-order valence-corrected chi connectivity index (χ0v) is 10.4. The predicted octanol–water partition coefficient (Wildman–Crippen LogP) is 2.16. The molecule has 2 rings (SSSR count). The molecule has 1 atom stereocenters. The molecule has 94 valence electrons. The summed E-state index contributed by atoms with van der Waals surface area (Å²) in [6, 6.07) is 3.53. The molecule has 1 aliphatic rings. The third-order valence-corrected chi connectivity index (χ3v) is 3.12. The molecule has 0 aliphatic heterocycles. The Bertz CT molecular complexity index is 373. The van der Waals surface area contributed by atoms with Crippen LogP contribution in [-0.2, 0) is 0 Å². The second kappa shape index (κ2) is 4.84. The van der Waals surface area contributed by atoms with Crippen molar-refractivity contribution in [2.45, 2.75) is 18.9 Å². The molecule has 1 aromatic rings. The molecule has 1 unspecified atom stereocenters. The number of benzene rings is 1. The smallest absolute Gasteiger partial charge is 0.132 e. The van der Waals surface area contributed by atoms with Crippen LogP contribution in [0, 0.1) is 5.92 Å². The second-order valence-corrected chi connectivity index (χ2v) is 4.23. The Hall–Kier alpha value is -1.42. The average molecular weight is 238 g/mol. The van der Waals surface area contributed by atoms with Crippen LogP contribution < -0.4 is 14.2 Å². The van der Waals surface area contributed by atoms with Gasteiger partial charge in [0.1, 0.15) is 17.2 Å². The fourth-order valence-electron chi connectivity index (χ4n) is 1.97. The number of hydrogen-bond donors (Lipinski definition) is 1. The predicted molar refractivity (Wildman–Crippen MR) is 63.8 cm³/mol. The summed E-state index contributed by atoms with van der Waals surface area (Å²) in [6.45, 7) is 0. The third kappa shape index (κ3) is 2.31. The zero-order valence-electron chi connectivity index (χ0n) is 10.4. The van der Waals surface area contributed by atoms with Gasteiger partial charge in [0.05, 0.1) is 33.0 Å². The van der Waals surface area contributed by atoms with Crippen LogP contribution in [-0.4, -0.2) is 26.4 Å². The van der Waals surface area contributed by atoms with E-state index in [1.165, 1.54) is 0 Å². The van der Waals surface area contributed by atoms with Crippen molar-refractivity contribution >= 4 is 0 Å². The standard InChI is InChI=1S/C13H18O4/c1-15-9-6-10(16-2)12(11(7-9)17-3)13(14)8-4-5-8/h6-8,13-14H,4-5H2,1-3H3. The lowest BCUT2D eigenvalue weighted by molar-refractivity contribution is 0.145. The first-order valence-corrected chi connectivity index (χ1v) is 5.69. The number of ether oxygens (including phenoxy) is 3. The normalized spacial score (nSPS) is 16.5. The molecule has 0 heterocycles. The van der Waals surface area contributed by atoms with Gasteiger partial charge in [-0.15, -0.1) is 0 Å². The van der Waals surface area contributed by atoms with Gasteiger partial charge < -0.3 is 19.3 Å². The first kappa shape index (κ1) is 12.0. The molecule has 0 aromatic heterocycles. The van der Waals surface area contributed by atoms with Crippen molar-refractivity contribution in [3.63, 3.8) is 0 Å². The maximum Gasteiger partial charge on any atom is 0.132 e. The number of aliphatic hydroxyl groups is 1. The molecule has 1 aromatic carbocycles. The van der Waals surface area contributed by atoms with Crippen LogP contribution in [0.2, 0.25) is 0 Å². The van der Waals surface area contributed by atoms with Crippen molar-refractivity contribution in [3.05, 3.63) is 17.7 Å². The zero-order chi connectivity index (χ0) is 12.4. The third-order valence-electron chi connectivity index (χ3n) is 3.12. The molecule has 0 radical (unpaired) electrons. The van der Waals surface area contributed by atoms with E-state index < -0.39 is 6.10 Å². The minimum Gasteiger partial charge on any atom is -0.496 e. The van der Waals surface area contributed by atoms with Crippen molar-refractivity contribution in [2.75, 3.05) is 21.3 Å². The van der Waals surface area contributed by atoms with E-state index in [2.05, 4.69) is 0 Å². The topological polar surface area (TPSA) is 47.9 Å². The van der Waals surface area contributed by atoms with Gasteiger partial charge in [-0.1, -0.05) is 0 Å². The lowest BCUT2D eigenvalue weighted by atomic mass is 10.0. The average Bonchev–Trinajstić information content (AvgIpc) is 3.20. The molecule has 0 saturated heterocycles. The maximum absolute atomic E-state index is 10.2. The Balaban J connectivity index is 2.45. The van der Waals surface area contributed by atoms with Crippen molar-refractivity contribution in [1.29, 1.82) is 0 Å². The molecular weight excluding hydrogens is 220 g/mol. The quantitative estimate of drug-likeness (QED) is 0.854. The fraction of sp³-hybridized carbons (Fsp3) is 0.538. The molecule has 1 fully saturated rings. The van der Waals surface area contributed by atoms with E-state index in [-0.39, 0.29) is 0 Å². The largest absolute Gasteiger partial charge is 0.496 e. The second-order valence-electron chi connectivity index (χ2n) is 4.23. The van der Waals surface area contributed by atoms with E-state index in [4.69, 9.17) is 14.2 Å². The summed E-state index contributed by atoms with van der Waals surface area (Å²) in [4.78, 5) is 0. The van der Waals surface area contributed by atoms with E-state index in [1.807, 2.05) is 0 Å². The Kier molecular flexibility index (Phi) is 3.43. The molecule has 0 amide bonds. The molecule has 1 N–H and O–H groups in total. The monoisotopic (exact) mass is 238 g/mol. The van der Waals surface area contributed by atoms with Gasteiger partial charge in [0, 0.05) is 12.1 Å². The van der Waals surface area contributed by atoms with E-state index in [0.29, 0.717) is 23.2 Å². The minimum atomic E-state index is -0.522. The van der Waals surface area contributed by atoms with Gasteiger partial charge in [-0.3, -0.25) is 0 Å². The highest BCUT2D eigenvalue weighted by molar-refractivity contribution is 5.52. The van der Waals surface area contributed by atoms with Gasteiger partial charge in [0.25, 0.3) is 0 Å². The summed E-state index contributed by atoms with van der Waals surface area (Å²) < 4.78 is 15.8. The lowest BCUT2D eigenvalue weighted by Crippen LogP contribution is -2.05. The van der Waals surface area contributed by atoms with Crippen molar-refractivity contribution in [3.8, 4) is 17.2 Å².